The number of aliphatic hydroxyl groups excluding tert-OH is 1. The van der Waals surface area contributed by atoms with E-state index in [-0.39, 0.29) is 11.3 Å². The second-order valence-corrected chi connectivity index (χ2v) is 7.50. The number of Topliss-reactive ketones (excluding diaryl/α,β-unsaturated/α-hetero) is 1. The topological polar surface area (TPSA) is 70.8 Å². The van der Waals surface area contributed by atoms with Crippen molar-refractivity contribution >= 4 is 23.1 Å². The second-order valence-electron chi connectivity index (χ2n) is 7.50. The zero-order valence-electron chi connectivity index (χ0n) is 17.2. The molecule has 0 spiro atoms. The highest BCUT2D eigenvalue weighted by atomic mass is 16.3. The number of nitrogens with zero attached hydrogens (tertiary/aromatic N) is 1. The van der Waals surface area contributed by atoms with Crippen molar-refractivity contribution in [3.8, 4) is 0 Å². The first kappa shape index (κ1) is 19.7. The van der Waals surface area contributed by atoms with E-state index in [1.807, 2.05) is 57.2 Å². The lowest BCUT2D eigenvalue weighted by Gasteiger charge is -2.23. The van der Waals surface area contributed by atoms with Crippen LogP contribution in [0.3, 0.4) is 0 Å². The van der Waals surface area contributed by atoms with E-state index < -0.39 is 17.7 Å². The molecule has 1 aromatic heterocycles. The predicted molar refractivity (Wildman–Crippen MR) is 115 cm³/mol. The van der Waals surface area contributed by atoms with E-state index in [4.69, 9.17) is 4.42 Å². The van der Waals surface area contributed by atoms with Gasteiger partial charge in [-0.05, 0) is 67.3 Å². The average Bonchev–Trinajstić information content (AvgIpc) is 3.37. The number of hydrogen-bond acceptors (Lipinski definition) is 4. The molecular formula is C25H23NO4. The summed E-state index contributed by atoms with van der Waals surface area (Å²) in [4.78, 5) is 27.5. The maximum absolute atomic E-state index is 13.0. The van der Waals surface area contributed by atoms with Crippen LogP contribution in [-0.2, 0) is 16.0 Å². The Labute approximate surface area is 175 Å². The minimum absolute atomic E-state index is 0.0257. The lowest BCUT2D eigenvalue weighted by molar-refractivity contribution is -0.132. The number of furan rings is 1. The molecule has 0 aliphatic carbocycles. The third-order valence-corrected chi connectivity index (χ3v) is 5.66. The summed E-state index contributed by atoms with van der Waals surface area (Å²) in [5, 5.41) is 11.1. The van der Waals surface area contributed by atoms with Gasteiger partial charge in [0.25, 0.3) is 11.7 Å². The number of hydrogen-bond donors (Lipinski definition) is 1. The molecule has 1 aliphatic rings. The third kappa shape index (κ3) is 3.22. The molecule has 0 radical (unpaired) electrons. The Balaban J connectivity index is 1.90. The van der Waals surface area contributed by atoms with Crippen LogP contribution in [0.25, 0.3) is 5.76 Å². The molecule has 152 valence electrons. The van der Waals surface area contributed by atoms with Crippen molar-refractivity contribution in [3.63, 3.8) is 0 Å². The van der Waals surface area contributed by atoms with Crippen LogP contribution in [0.1, 0.15) is 41.0 Å². The van der Waals surface area contributed by atoms with Crippen LogP contribution in [0.15, 0.2) is 70.9 Å². The minimum Gasteiger partial charge on any atom is -0.507 e. The lowest BCUT2D eigenvalue weighted by atomic mass is 9.97. The molecule has 5 heteroatoms. The van der Waals surface area contributed by atoms with Gasteiger partial charge in [-0.2, -0.15) is 0 Å². The molecule has 30 heavy (non-hydrogen) atoms. The molecule has 1 fully saturated rings. The zero-order valence-corrected chi connectivity index (χ0v) is 17.2. The van der Waals surface area contributed by atoms with Crippen LogP contribution in [0.5, 0.6) is 0 Å². The first-order valence-corrected chi connectivity index (χ1v) is 9.93. The molecule has 1 amide bonds. The molecule has 5 nitrogen and oxygen atoms in total. The van der Waals surface area contributed by atoms with Crippen LogP contribution < -0.4 is 4.90 Å². The van der Waals surface area contributed by atoms with E-state index in [0.29, 0.717) is 17.0 Å². The zero-order chi connectivity index (χ0) is 21.4. The predicted octanol–water partition coefficient (Wildman–Crippen LogP) is 5.09. The molecule has 1 saturated heterocycles. The molecule has 1 aliphatic heterocycles. The van der Waals surface area contributed by atoms with Gasteiger partial charge in [0.05, 0.1) is 11.8 Å². The van der Waals surface area contributed by atoms with Crippen molar-refractivity contribution in [1.82, 2.24) is 0 Å². The van der Waals surface area contributed by atoms with Crippen LogP contribution >= 0.6 is 0 Å². The fraction of sp³-hybridized carbons (Fsp3) is 0.200. The van der Waals surface area contributed by atoms with Crippen molar-refractivity contribution in [1.29, 1.82) is 0 Å². The summed E-state index contributed by atoms with van der Waals surface area (Å²) in [7, 11) is 0. The molecule has 2 heterocycles. The van der Waals surface area contributed by atoms with Crippen molar-refractivity contribution in [2.75, 3.05) is 4.90 Å². The van der Waals surface area contributed by atoms with Gasteiger partial charge < -0.3 is 9.52 Å². The number of carbonyl (C=O) groups excluding carboxylic acids is 2. The number of carbonyl (C=O) groups is 2. The maximum atomic E-state index is 13.0. The smallest absolute Gasteiger partial charge is 0.300 e. The normalized spacial score (nSPS) is 18.2. The Kier molecular flexibility index (Phi) is 5.04. The van der Waals surface area contributed by atoms with Gasteiger partial charge >= 0.3 is 0 Å². The Morgan fingerprint density at radius 3 is 2.37 bits per heavy atom. The van der Waals surface area contributed by atoms with Crippen LogP contribution in [-0.4, -0.2) is 16.8 Å². The van der Waals surface area contributed by atoms with Gasteiger partial charge in [-0.1, -0.05) is 31.2 Å². The average molecular weight is 401 g/mol. The van der Waals surface area contributed by atoms with Gasteiger partial charge in [0.2, 0.25) is 0 Å². The van der Waals surface area contributed by atoms with E-state index in [1.54, 1.807) is 18.2 Å². The van der Waals surface area contributed by atoms with Crippen molar-refractivity contribution in [3.05, 3.63) is 94.4 Å². The summed E-state index contributed by atoms with van der Waals surface area (Å²) in [6.07, 6.45) is 2.36. The Bertz CT molecular complexity index is 1140. The van der Waals surface area contributed by atoms with Gasteiger partial charge in [0, 0.05) is 11.3 Å². The molecule has 1 N–H and O–H groups in total. The summed E-state index contributed by atoms with van der Waals surface area (Å²) in [5.41, 5.74) is 4.28. The number of ketones is 1. The Morgan fingerprint density at radius 2 is 1.77 bits per heavy atom. The summed E-state index contributed by atoms with van der Waals surface area (Å²) >= 11 is 0. The molecule has 1 unspecified atom stereocenters. The van der Waals surface area contributed by atoms with Crippen molar-refractivity contribution in [2.45, 2.75) is 33.2 Å². The quantitative estimate of drug-likeness (QED) is 0.376. The van der Waals surface area contributed by atoms with Gasteiger partial charge in [-0.25, -0.2) is 0 Å². The number of amides is 1. The number of aliphatic hydroxyl groups is 1. The van der Waals surface area contributed by atoms with Gasteiger partial charge in [0.1, 0.15) is 17.6 Å². The van der Waals surface area contributed by atoms with E-state index >= 15 is 0 Å². The molecule has 1 atom stereocenters. The van der Waals surface area contributed by atoms with E-state index in [2.05, 4.69) is 0 Å². The summed E-state index contributed by atoms with van der Waals surface area (Å²) in [6.45, 7) is 5.96. The van der Waals surface area contributed by atoms with E-state index in [9.17, 15) is 14.7 Å². The number of anilines is 1. The summed E-state index contributed by atoms with van der Waals surface area (Å²) < 4.78 is 5.58. The molecule has 4 rings (SSSR count). The Hall–Kier alpha value is -3.60. The highest BCUT2D eigenvalue weighted by Crippen LogP contribution is 2.42. The highest BCUT2D eigenvalue weighted by Gasteiger charge is 2.48. The fourth-order valence-electron chi connectivity index (χ4n) is 3.75. The summed E-state index contributed by atoms with van der Waals surface area (Å²) in [6, 6.07) is 15.5. The maximum Gasteiger partial charge on any atom is 0.300 e. The molecule has 3 aromatic rings. The number of aryl methyl sites for hydroxylation is 3. The van der Waals surface area contributed by atoms with E-state index in [0.717, 1.165) is 23.1 Å². The lowest BCUT2D eigenvalue weighted by Crippen LogP contribution is -2.29. The third-order valence-electron chi connectivity index (χ3n) is 5.66. The fourth-order valence-corrected chi connectivity index (χ4v) is 3.75. The number of benzene rings is 2. The van der Waals surface area contributed by atoms with Crippen LogP contribution in [0.2, 0.25) is 0 Å². The number of rotatable bonds is 4. The van der Waals surface area contributed by atoms with Gasteiger partial charge in [0.15, 0.2) is 0 Å². The molecular weight excluding hydrogens is 378 g/mol. The van der Waals surface area contributed by atoms with Gasteiger partial charge in [-0.3, -0.25) is 14.5 Å². The van der Waals surface area contributed by atoms with Crippen molar-refractivity contribution in [2.24, 2.45) is 0 Å². The first-order chi connectivity index (χ1) is 14.4. The first-order valence-electron chi connectivity index (χ1n) is 9.93. The molecule has 2 aromatic carbocycles. The largest absolute Gasteiger partial charge is 0.507 e. The summed E-state index contributed by atoms with van der Waals surface area (Å²) in [5.74, 6) is -1.21. The molecule has 0 saturated carbocycles. The van der Waals surface area contributed by atoms with Gasteiger partial charge in [-0.15, -0.1) is 0 Å². The van der Waals surface area contributed by atoms with Crippen molar-refractivity contribution < 1.29 is 19.1 Å². The SMILES string of the molecule is CCc1ccc(N2C(=O)C(=O)/C(=C(\O)c3ccc(C)c(C)c3)C2c2ccco2)cc1. The van der Waals surface area contributed by atoms with E-state index in [1.165, 1.54) is 11.2 Å². The highest BCUT2D eigenvalue weighted by molar-refractivity contribution is 6.51. The monoisotopic (exact) mass is 401 g/mol. The standard InChI is InChI=1S/C25H23NO4/c1-4-17-8-11-19(12-9-17)26-22(20-6-5-13-30-20)21(24(28)25(26)29)23(27)18-10-7-15(2)16(3)14-18/h5-14,22,27H,4H2,1-3H3/b23-21-. The molecule has 0 bridgehead atoms. The van der Waals surface area contributed by atoms with Crippen LogP contribution in [0.4, 0.5) is 5.69 Å². The second kappa shape index (κ2) is 7.67. The van der Waals surface area contributed by atoms with Crippen LogP contribution in [0, 0.1) is 13.8 Å². The minimum atomic E-state index is -0.839. The Morgan fingerprint density at radius 1 is 1.03 bits per heavy atom.